The monoisotopic (exact) mass is 600 g/mol. The molecule has 2 saturated heterocycles. The van der Waals surface area contributed by atoms with Gasteiger partial charge in [0.2, 0.25) is 11.8 Å². The molecule has 3 fully saturated rings. The number of thioether (sulfide) groups is 1. The van der Waals surface area contributed by atoms with Gasteiger partial charge in [-0.2, -0.15) is 5.10 Å². The summed E-state index contributed by atoms with van der Waals surface area (Å²) in [4.78, 5) is 46.2. The summed E-state index contributed by atoms with van der Waals surface area (Å²) >= 11 is 1.63. The number of fused-ring (bicyclic) bond motifs is 2. The molecule has 4 aliphatic rings. The molecule has 1 aromatic heterocycles. The van der Waals surface area contributed by atoms with E-state index in [0.717, 1.165) is 52.7 Å². The predicted octanol–water partition coefficient (Wildman–Crippen LogP) is 5.82. The highest BCUT2D eigenvalue weighted by molar-refractivity contribution is 8.01. The van der Waals surface area contributed by atoms with E-state index in [1.54, 1.807) is 11.8 Å². The zero-order chi connectivity index (χ0) is 29.5. The molecule has 0 radical (unpaired) electrons. The molecule has 3 aromatic rings. The Balaban J connectivity index is 1.02. The summed E-state index contributed by atoms with van der Waals surface area (Å²) in [5.74, 6) is 0.655. The highest BCUT2D eigenvalue weighted by Crippen LogP contribution is 2.46. The van der Waals surface area contributed by atoms with Crippen LogP contribution in [0.2, 0.25) is 0 Å². The van der Waals surface area contributed by atoms with E-state index in [1.807, 2.05) is 34.2 Å². The number of aryl methyl sites for hydroxylation is 1. The van der Waals surface area contributed by atoms with Crippen LogP contribution in [0.15, 0.2) is 42.6 Å². The second-order valence-electron chi connectivity index (χ2n) is 12.7. The SMILES string of the molecule is Cc1cc(C2SC(CC(=O)N3CCC(N4Cc5ccccc5NC4=O)CC3)C(=O)N2CC2CCCCC2)cc2cn[nH]c12. The van der Waals surface area contributed by atoms with E-state index in [4.69, 9.17) is 0 Å². The van der Waals surface area contributed by atoms with E-state index < -0.39 is 0 Å². The van der Waals surface area contributed by atoms with Crippen molar-refractivity contribution in [2.45, 2.75) is 81.5 Å². The second kappa shape index (κ2) is 11.9. The zero-order valence-electron chi connectivity index (χ0n) is 24.8. The molecular formula is C33H40N6O3S. The van der Waals surface area contributed by atoms with Crippen LogP contribution in [0.3, 0.4) is 0 Å². The summed E-state index contributed by atoms with van der Waals surface area (Å²) in [5.41, 5.74) is 5.25. The number of carbonyl (C=O) groups is 3. The number of amides is 4. The molecule has 3 aliphatic heterocycles. The number of carbonyl (C=O) groups excluding carboxylic acids is 3. The Morgan fingerprint density at radius 3 is 2.65 bits per heavy atom. The van der Waals surface area contributed by atoms with Gasteiger partial charge in [-0.25, -0.2) is 4.79 Å². The molecule has 4 heterocycles. The zero-order valence-corrected chi connectivity index (χ0v) is 25.6. The van der Waals surface area contributed by atoms with Crippen LogP contribution in [0.1, 0.15) is 73.4 Å². The summed E-state index contributed by atoms with van der Waals surface area (Å²) in [6.07, 6.45) is 9.62. The van der Waals surface area contributed by atoms with Gasteiger partial charge in [0.25, 0.3) is 0 Å². The van der Waals surface area contributed by atoms with Gasteiger partial charge in [-0.05, 0) is 67.3 Å². The molecule has 9 nitrogen and oxygen atoms in total. The fraction of sp³-hybridized carbons (Fsp3) is 0.515. The molecule has 10 heteroatoms. The number of likely N-dealkylation sites (tertiary alicyclic amines) is 1. The quantitative estimate of drug-likeness (QED) is 0.371. The average Bonchev–Trinajstić information content (AvgIpc) is 3.62. The highest BCUT2D eigenvalue weighted by atomic mass is 32.2. The Morgan fingerprint density at radius 1 is 1.05 bits per heavy atom. The first-order valence-electron chi connectivity index (χ1n) is 15.8. The fourth-order valence-corrected chi connectivity index (χ4v) is 8.89. The van der Waals surface area contributed by atoms with E-state index >= 15 is 0 Å². The molecule has 0 spiro atoms. The van der Waals surface area contributed by atoms with Gasteiger partial charge in [0.1, 0.15) is 5.37 Å². The van der Waals surface area contributed by atoms with Crippen molar-refractivity contribution in [3.8, 4) is 0 Å². The highest BCUT2D eigenvalue weighted by Gasteiger charge is 2.44. The molecule has 2 unspecified atom stereocenters. The van der Waals surface area contributed by atoms with Crippen molar-refractivity contribution in [2.75, 3.05) is 25.0 Å². The van der Waals surface area contributed by atoms with Crippen LogP contribution in [0.5, 0.6) is 0 Å². The fourth-order valence-electron chi connectivity index (χ4n) is 7.45. The maximum Gasteiger partial charge on any atom is 0.322 e. The summed E-state index contributed by atoms with van der Waals surface area (Å²) < 4.78 is 0. The van der Waals surface area contributed by atoms with Crippen LogP contribution in [0.25, 0.3) is 10.9 Å². The summed E-state index contributed by atoms with van der Waals surface area (Å²) in [7, 11) is 0. The van der Waals surface area contributed by atoms with Crippen molar-refractivity contribution in [3.63, 3.8) is 0 Å². The number of nitrogens with zero attached hydrogens (tertiary/aromatic N) is 4. The Hall–Kier alpha value is -3.53. The van der Waals surface area contributed by atoms with Crippen molar-refractivity contribution in [3.05, 3.63) is 59.3 Å². The lowest BCUT2D eigenvalue weighted by molar-refractivity contribution is -0.137. The van der Waals surface area contributed by atoms with Gasteiger partial charge >= 0.3 is 6.03 Å². The molecule has 2 aromatic carbocycles. The van der Waals surface area contributed by atoms with E-state index in [-0.39, 0.29) is 40.9 Å². The Morgan fingerprint density at radius 2 is 1.84 bits per heavy atom. The molecule has 1 aliphatic carbocycles. The number of para-hydroxylation sites is 1. The maximum absolute atomic E-state index is 13.9. The van der Waals surface area contributed by atoms with E-state index in [2.05, 4.69) is 45.5 Å². The lowest BCUT2D eigenvalue weighted by Gasteiger charge is -2.40. The third kappa shape index (κ3) is 5.61. The summed E-state index contributed by atoms with van der Waals surface area (Å²) in [6, 6.07) is 12.3. The first-order chi connectivity index (χ1) is 20.9. The predicted molar refractivity (Wildman–Crippen MR) is 168 cm³/mol. The van der Waals surface area contributed by atoms with Crippen LogP contribution >= 0.6 is 11.8 Å². The molecule has 226 valence electrons. The Kier molecular flexibility index (Phi) is 7.80. The van der Waals surface area contributed by atoms with Crippen molar-refractivity contribution >= 4 is 46.2 Å². The van der Waals surface area contributed by atoms with Crippen molar-refractivity contribution < 1.29 is 14.4 Å². The van der Waals surface area contributed by atoms with E-state index in [0.29, 0.717) is 25.6 Å². The third-order valence-corrected chi connectivity index (χ3v) is 11.3. The van der Waals surface area contributed by atoms with Crippen molar-refractivity contribution in [2.24, 2.45) is 5.92 Å². The molecule has 0 bridgehead atoms. The number of nitrogens with one attached hydrogen (secondary N) is 2. The first-order valence-corrected chi connectivity index (χ1v) is 16.7. The van der Waals surface area contributed by atoms with Crippen LogP contribution < -0.4 is 5.32 Å². The average molecular weight is 601 g/mol. The Labute approximate surface area is 256 Å². The largest absolute Gasteiger partial charge is 0.342 e. The minimum Gasteiger partial charge on any atom is -0.342 e. The number of aromatic nitrogens is 2. The van der Waals surface area contributed by atoms with Gasteiger partial charge in [-0.1, -0.05) is 43.5 Å². The topological polar surface area (TPSA) is 102 Å². The minimum atomic E-state index is -0.386. The number of hydrogen-bond donors (Lipinski definition) is 2. The van der Waals surface area contributed by atoms with E-state index in [9.17, 15) is 14.4 Å². The van der Waals surface area contributed by atoms with Gasteiger partial charge in [-0.15, -0.1) is 11.8 Å². The molecular weight excluding hydrogens is 560 g/mol. The minimum absolute atomic E-state index is 0.0393. The third-order valence-electron chi connectivity index (χ3n) is 9.85. The molecule has 43 heavy (non-hydrogen) atoms. The van der Waals surface area contributed by atoms with Gasteiger partial charge in [0, 0.05) is 49.7 Å². The smallest absolute Gasteiger partial charge is 0.322 e. The maximum atomic E-state index is 13.9. The van der Waals surface area contributed by atoms with Crippen molar-refractivity contribution in [1.82, 2.24) is 24.9 Å². The number of aromatic amines is 1. The number of anilines is 1. The molecule has 7 rings (SSSR count). The number of benzene rings is 2. The van der Waals surface area contributed by atoms with Gasteiger partial charge in [-0.3, -0.25) is 14.7 Å². The Bertz CT molecular complexity index is 1530. The van der Waals surface area contributed by atoms with Gasteiger partial charge in [0.15, 0.2) is 0 Å². The molecule has 2 atom stereocenters. The number of rotatable bonds is 6. The van der Waals surface area contributed by atoms with Gasteiger partial charge in [0.05, 0.1) is 17.0 Å². The van der Waals surface area contributed by atoms with Crippen molar-refractivity contribution in [1.29, 1.82) is 0 Å². The number of hydrogen-bond acceptors (Lipinski definition) is 5. The summed E-state index contributed by atoms with van der Waals surface area (Å²) in [6.45, 7) is 4.64. The molecule has 2 N–H and O–H groups in total. The molecule has 4 amide bonds. The molecule has 1 saturated carbocycles. The first kappa shape index (κ1) is 28.3. The number of urea groups is 1. The van der Waals surface area contributed by atoms with Crippen LogP contribution in [0, 0.1) is 12.8 Å². The number of H-pyrrole nitrogens is 1. The van der Waals surface area contributed by atoms with Crippen LogP contribution in [-0.4, -0.2) is 73.7 Å². The summed E-state index contributed by atoms with van der Waals surface area (Å²) in [5, 5.41) is 10.9. The van der Waals surface area contributed by atoms with Crippen LogP contribution in [-0.2, 0) is 16.1 Å². The van der Waals surface area contributed by atoms with E-state index in [1.165, 1.54) is 32.1 Å². The van der Waals surface area contributed by atoms with Crippen LogP contribution in [0.4, 0.5) is 10.5 Å². The lowest BCUT2D eigenvalue weighted by atomic mass is 9.88. The second-order valence-corrected chi connectivity index (χ2v) is 14.0. The standard InChI is InChI=1S/C33H40N6O3S/c1-21-15-24(16-25-18-34-36-30(21)25)32-39(19-22-7-3-2-4-8-22)31(41)28(43-32)17-29(40)37-13-11-26(12-14-37)38-20-23-9-5-6-10-27(23)35-33(38)42/h5-6,9-10,15-16,18,22,26,28,32H,2-4,7-8,11-14,17,19-20H2,1H3,(H,34,36)(H,35,42). The normalized spacial score (nSPS) is 23.6. The lowest BCUT2D eigenvalue weighted by Crippen LogP contribution is -2.51. The number of piperidine rings is 1. The van der Waals surface area contributed by atoms with Gasteiger partial charge < -0.3 is 20.0 Å².